The van der Waals surface area contributed by atoms with Crippen LogP contribution in [-0.4, -0.2) is 9.55 Å². The van der Waals surface area contributed by atoms with E-state index in [1.807, 2.05) is 24.3 Å². The Morgan fingerprint density at radius 3 is 2.57 bits per heavy atom. The van der Waals surface area contributed by atoms with Gasteiger partial charge in [0.1, 0.15) is 5.82 Å². The molecule has 21 heavy (non-hydrogen) atoms. The first-order valence-corrected chi connectivity index (χ1v) is 7.91. The molecular formula is C16H12BrClN2O. The number of halogens is 2. The second-order valence-electron chi connectivity index (χ2n) is 4.79. The summed E-state index contributed by atoms with van der Waals surface area (Å²) in [6, 6.07) is 13.1. The maximum Gasteiger partial charge on any atom is 0.261 e. The Morgan fingerprint density at radius 1 is 1.19 bits per heavy atom. The van der Waals surface area contributed by atoms with Crippen LogP contribution in [0.4, 0.5) is 0 Å². The van der Waals surface area contributed by atoms with E-state index in [1.165, 1.54) is 5.56 Å². The van der Waals surface area contributed by atoms with Crippen molar-refractivity contribution >= 4 is 38.4 Å². The second kappa shape index (κ2) is 5.62. The first-order valence-electron chi connectivity index (χ1n) is 6.41. The summed E-state index contributed by atoms with van der Waals surface area (Å²) in [6.07, 6.45) is 0. The van der Waals surface area contributed by atoms with E-state index in [0.29, 0.717) is 21.7 Å². The van der Waals surface area contributed by atoms with Crippen LogP contribution in [0.1, 0.15) is 5.56 Å². The summed E-state index contributed by atoms with van der Waals surface area (Å²) < 4.78 is 1.57. The van der Waals surface area contributed by atoms with Gasteiger partial charge in [-0.1, -0.05) is 51.8 Å². The Labute approximate surface area is 135 Å². The molecule has 5 heteroatoms. The first kappa shape index (κ1) is 14.3. The fourth-order valence-electron chi connectivity index (χ4n) is 2.25. The lowest BCUT2D eigenvalue weighted by Gasteiger charge is -2.10. The number of nitrogens with zero attached hydrogens (tertiary/aromatic N) is 2. The molecule has 0 amide bonds. The fourth-order valence-corrected chi connectivity index (χ4v) is 2.79. The SMILES string of the molecule is Cn1c(-c2ccc(CBr)cc2)nc2cc(Cl)ccc2c1=O. The lowest BCUT2D eigenvalue weighted by molar-refractivity contribution is 0.856. The zero-order chi connectivity index (χ0) is 15.0. The van der Waals surface area contributed by atoms with Crippen molar-refractivity contribution in [3.05, 3.63) is 63.4 Å². The number of rotatable bonds is 2. The second-order valence-corrected chi connectivity index (χ2v) is 5.79. The molecule has 0 atom stereocenters. The summed E-state index contributed by atoms with van der Waals surface area (Å²) in [4.78, 5) is 17.0. The molecule has 0 spiro atoms. The Balaban J connectivity index is 2.26. The van der Waals surface area contributed by atoms with Crippen molar-refractivity contribution in [1.29, 1.82) is 0 Å². The molecule has 0 aliphatic carbocycles. The third-order valence-electron chi connectivity index (χ3n) is 3.41. The molecule has 2 aromatic carbocycles. The molecule has 0 aliphatic rings. The van der Waals surface area contributed by atoms with Gasteiger partial charge in [-0.3, -0.25) is 9.36 Å². The zero-order valence-electron chi connectivity index (χ0n) is 11.3. The van der Waals surface area contributed by atoms with Gasteiger partial charge in [-0.05, 0) is 23.8 Å². The Hall–Kier alpha value is -1.65. The normalized spacial score (nSPS) is 11.0. The van der Waals surface area contributed by atoms with Crippen LogP contribution < -0.4 is 5.56 Å². The molecule has 3 nitrogen and oxygen atoms in total. The number of alkyl halides is 1. The van der Waals surface area contributed by atoms with Gasteiger partial charge < -0.3 is 0 Å². The van der Waals surface area contributed by atoms with Gasteiger partial charge in [-0.2, -0.15) is 0 Å². The number of aromatic nitrogens is 2. The highest BCUT2D eigenvalue weighted by molar-refractivity contribution is 9.08. The standard InChI is InChI=1S/C16H12BrClN2O/c1-20-15(11-4-2-10(9-17)3-5-11)19-14-8-12(18)6-7-13(14)16(20)21/h2-8H,9H2,1H3. The minimum absolute atomic E-state index is 0.0729. The third kappa shape index (κ3) is 2.61. The molecule has 0 aliphatic heterocycles. The summed E-state index contributed by atoms with van der Waals surface area (Å²) in [7, 11) is 1.73. The summed E-state index contributed by atoms with van der Waals surface area (Å²) in [6.45, 7) is 0. The van der Waals surface area contributed by atoms with E-state index in [9.17, 15) is 4.79 Å². The van der Waals surface area contributed by atoms with Crippen molar-refractivity contribution < 1.29 is 0 Å². The van der Waals surface area contributed by atoms with Crippen molar-refractivity contribution in [2.24, 2.45) is 7.05 Å². The third-order valence-corrected chi connectivity index (χ3v) is 4.29. The lowest BCUT2D eigenvalue weighted by Crippen LogP contribution is -2.20. The summed E-state index contributed by atoms with van der Waals surface area (Å²) in [5, 5.41) is 1.94. The molecule has 0 radical (unpaired) electrons. The largest absolute Gasteiger partial charge is 0.295 e. The van der Waals surface area contributed by atoms with Crippen molar-refractivity contribution in [3.63, 3.8) is 0 Å². The maximum absolute atomic E-state index is 12.4. The van der Waals surface area contributed by atoms with Gasteiger partial charge in [-0.25, -0.2) is 4.98 Å². The molecule has 3 rings (SSSR count). The number of hydrogen-bond donors (Lipinski definition) is 0. The maximum atomic E-state index is 12.4. The van der Waals surface area contributed by atoms with Crippen molar-refractivity contribution in [2.45, 2.75) is 5.33 Å². The van der Waals surface area contributed by atoms with E-state index in [4.69, 9.17) is 11.6 Å². The summed E-state index contributed by atoms with van der Waals surface area (Å²) in [5.74, 6) is 0.635. The number of benzene rings is 2. The van der Waals surface area contributed by atoms with Gasteiger partial charge in [0, 0.05) is 23.0 Å². The highest BCUT2D eigenvalue weighted by atomic mass is 79.9. The molecule has 1 heterocycles. The summed E-state index contributed by atoms with van der Waals surface area (Å²) >= 11 is 9.41. The molecule has 0 N–H and O–H groups in total. The minimum Gasteiger partial charge on any atom is -0.295 e. The fraction of sp³-hybridized carbons (Fsp3) is 0.125. The summed E-state index contributed by atoms with van der Waals surface area (Å²) in [5.41, 5.74) is 2.62. The average Bonchev–Trinajstić information content (AvgIpc) is 2.51. The van der Waals surface area contributed by atoms with Crippen LogP contribution in [0.5, 0.6) is 0 Å². The van der Waals surface area contributed by atoms with E-state index in [0.717, 1.165) is 10.9 Å². The molecule has 1 aromatic heterocycles. The van der Waals surface area contributed by atoms with Crippen LogP contribution in [0.25, 0.3) is 22.3 Å². The van der Waals surface area contributed by atoms with Gasteiger partial charge in [-0.15, -0.1) is 0 Å². The van der Waals surface area contributed by atoms with E-state index < -0.39 is 0 Å². The molecular weight excluding hydrogens is 352 g/mol. The van der Waals surface area contributed by atoms with Gasteiger partial charge in [0.05, 0.1) is 10.9 Å². The molecule has 0 saturated heterocycles. The average molecular weight is 364 g/mol. The van der Waals surface area contributed by atoms with Crippen LogP contribution in [-0.2, 0) is 12.4 Å². The monoisotopic (exact) mass is 362 g/mol. The topological polar surface area (TPSA) is 34.9 Å². The number of hydrogen-bond acceptors (Lipinski definition) is 2. The lowest BCUT2D eigenvalue weighted by atomic mass is 10.1. The van der Waals surface area contributed by atoms with Gasteiger partial charge in [0.15, 0.2) is 0 Å². The van der Waals surface area contributed by atoms with Crippen LogP contribution in [0.3, 0.4) is 0 Å². The van der Waals surface area contributed by atoms with Crippen molar-refractivity contribution in [3.8, 4) is 11.4 Å². The molecule has 0 fully saturated rings. The molecule has 0 saturated carbocycles. The van der Waals surface area contributed by atoms with Crippen LogP contribution in [0.2, 0.25) is 5.02 Å². The van der Waals surface area contributed by atoms with Crippen LogP contribution in [0.15, 0.2) is 47.3 Å². The molecule has 3 aromatic rings. The number of fused-ring (bicyclic) bond motifs is 1. The molecule has 106 valence electrons. The zero-order valence-corrected chi connectivity index (χ0v) is 13.6. The highest BCUT2D eigenvalue weighted by Crippen LogP contribution is 2.21. The van der Waals surface area contributed by atoms with E-state index in [2.05, 4.69) is 20.9 Å². The van der Waals surface area contributed by atoms with Gasteiger partial charge in [0.2, 0.25) is 0 Å². The van der Waals surface area contributed by atoms with Crippen LogP contribution in [0, 0.1) is 0 Å². The van der Waals surface area contributed by atoms with Gasteiger partial charge in [0.25, 0.3) is 5.56 Å². The van der Waals surface area contributed by atoms with Crippen molar-refractivity contribution in [1.82, 2.24) is 9.55 Å². The Morgan fingerprint density at radius 2 is 1.90 bits per heavy atom. The van der Waals surface area contributed by atoms with E-state index in [1.54, 1.807) is 29.8 Å². The predicted octanol–water partition coefficient (Wildman–Crippen LogP) is 4.15. The minimum atomic E-state index is -0.0729. The smallest absolute Gasteiger partial charge is 0.261 e. The van der Waals surface area contributed by atoms with Crippen molar-refractivity contribution in [2.75, 3.05) is 0 Å². The molecule has 0 unspecified atom stereocenters. The van der Waals surface area contributed by atoms with E-state index in [-0.39, 0.29) is 5.56 Å². The first-order chi connectivity index (χ1) is 10.1. The highest BCUT2D eigenvalue weighted by Gasteiger charge is 2.10. The van der Waals surface area contributed by atoms with E-state index >= 15 is 0 Å². The quantitative estimate of drug-likeness (QED) is 0.641. The van der Waals surface area contributed by atoms with Gasteiger partial charge >= 0.3 is 0 Å². The predicted molar refractivity (Wildman–Crippen MR) is 90.1 cm³/mol. The van der Waals surface area contributed by atoms with Crippen LogP contribution >= 0.6 is 27.5 Å². The Kier molecular flexibility index (Phi) is 3.83. The molecule has 0 bridgehead atoms. The Bertz CT molecular complexity index is 872.